The van der Waals surface area contributed by atoms with E-state index in [0.717, 1.165) is 0 Å². The van der Waals surface area contributed by atoms with Gasteiger partial charge in [-0.15, -0.1) is 0 Å². The van der Waals surface area contributed by atoms with E-state index in [0.29, 0.717) is 37.1 Å². The number of hydrogen-bond donors (Lipinski definition) is 3. The number of fused-ring (bicyclic) bond motifs is 1. The Morgan fingerprint density at radius 2 is 1.36 bits per heavy atom. The van der Waals surface area contributed by atoms with Crippen molar-refractivity contribution in [2.45, 2.75) is 52.1 Å². The monoisotopic (exact) mass is 460 g/mol. The smallest absolute Gasteiger partial charge is 0.407 e. The highest BCUT2D eigenvalue weighted by molar-refractivity contribution is 6.21. The molecular weight excluding hydrogens is 428 g/mol. The molecule has 33 heavy (non-hydrogen) atoms. The zero-order chi connectivity index (χ0) is 24.4. The maximum Gasteiger partial charge on any atom is 0.407 e. The first-order chi connectivity index (χ1) is 15.6. The summed E-state index contributed by atoms with van der Waals surface area (Å²) in [6.07, 6.45) is 0.675. The van der Waals surface area contributed by atoms with E-state index >= 15 is 0 Å². The third-order valence-electron chi connectivity index (χ3n) is 4.68. The fourth-order valence-electron chi connectivity index (χ4n) is 3.15. The molecule has 0 unspecified atom stereocenters. The zero-order valence-electron chi connectivity index (χ0n) is 19.4. The second-order valence-electron chi connectivity index (χ2n) is 8.64. The predicted molar refractivity (Wildman–Crippen MR) is 121 cm³/mol. The summed E-state index contributed by atoms with van der Waals surface area (Å²) >= 11 is 0. The van der Waals surface area contributed by atoms with Gasteiger partial charge in [0.15, 0.2) is 0 Å². The summed E-state index contributed by atoms with van der Waals surface area (Å²) in [5.41, 5.74) is 0.204. The summed E-state index contributed by atoms with van der Waals surface area (Å²) < 4.78 is 5.08. The van der Waals surface area contributed by atoms with Crippen LogP contribution in [0.4, 0.5) is 4.79 Å². The lowest BCUT2D eigenvalue weighted by molar-refractivity contribution is -0.121. The molecule has 1 heterocycles. The maximum atomic E-state index is 12.3. The lowest BCUT2D eigenvalue weighted by atomic mass is 10.1. The molecule has 10 nitrogen and oxygen atoms in total. The average molecular weight is 461 g/mol. The second-order valence-corrected chi connectivity index (χ2v) is 8.64. The standard InChI is InChI=1S/C23H32N4O6/c1-23(2,3)33-22(32)26-14-11-19(29)25-13-7-12-24-18(28)10-6-15-27-20(30)16-8-4-5-9-17(16)21(27)31/h4-5,8-9H,6-7,10-15H2,1-3H3,(H,24,28)(H,25,29)(H,26,32). The van der Waals surface area contributed by atoms with Gasteiger partial charge in [0.1, 0.15) is 5.60 Å². The second kappa shape index (κ2) is 12.0. The SMILES string of the molecule is CC(C)(C)OC(=O)NCCC(=O)NCCCNC(=O)CCCN1C(=O)c2ccccc2C1=O. The molecule has 0 saturated heterocycles. The van der Waals surface area contributed by atoms with Gasteiger partial charge < -0.3 is 20.7 Å². The van der Waals surface area contributed by atoms with Crippen LogP contribution in [0.25, 0.3) is 0 Å². The van der Waals surface area contributed by atoms with Crippen molar-refractivity contribution in [2.75, 3.05) is 26.2 Å². The van der Waals surface area contributed by atoms with E-state index < -0.39 is 11.7 Å². The molecule has 10 heteroatoms. The van der Waals surface area contributed by atoms with E-state index in [1.54, 1.807) is 45.0 Å². The summed E-state index contributed by atoms with van der Waals surface area (Å²) in [6.45, 7) is 6.41. The molecule has 0 aliphatic carbocycles. The highest BCUT2D eigenvalue weighted by atomic mass is 16.6. The number of hydrogen-bond acceptors (Lipinski definition) is 6. The minimum absolute atomic E-state index is 0.128. The van der Waals surface area contributed by atoms with Crippen LogP contribution in [0.2, 0.25) is 0 Å². The number of carbonyl (C=O) groups excluding carboxylic acids is 5. The fourth-order valence-corrected chi connectivity index (χ4v) is 3.15. The van der Waals surface area contributed by atoms with Gasteiger partial charge in [-0.05, 0) is 45.7 Å². The number of imide groups is 1. The van der Waals surface area contributed by atoms with Gasteiger partial charge in [0.2, 0.25) is 11.8 Å². The van der Waals surface area contributed by atoms with Gasteiger partial charge in [-0.3, -0.25) is 24.1 Å². The third kappa shape index (κ3) is 8.55. The molecule has 1 aliphatic heterocycles. The molecule has 1 aromatic carbocycles. The number of benzene rings is 1. The van der Waals surface area contributed by atoms with Crippen LogP contribution in [0.15, 0.2) is 24.3 Å². The largest absolute Gasteiger partial charge is 0.444 e. The molecule has 180 valence electrons. The van der Waals surface area contributed by atoms with Crippen molar-refractivity contribution in [3.63, 3.8) is 0 Å². The van der Waals surface area contributed by atoms with E-state index in [9.17, 15) is 24.0 Å². The Kier molecular flexibility index (Phi) is 9.38. The molecule has 1 aliphatic rings. The molecule has 0 fully saturated rings. The van der Waals surface area contributed by atoms with Gasteiger partial charge in [-0.2, -0.15) is 0 Å². The Morgan fingerprint density at radius 3 is 1.91 bits per heavy atom. The number of nitrogens with zero attached hydrogens (tertiary/aromatic N) is 1. The molecule has 0 atom stereocenters. The number of amides is 5. The predicted octanol–water partition coefficient (Wildman–Crippen LogP) is 1.60. The van der Waals surface area contributed by atoms with E-state index in [1.165, 1.54) is 4.90 Å². The van der Waals surface area contributed by atoms with Gasteiger partial charge in [0.05, 0.1) is 11.1 Å². The number of alkyl carbamates (subject to hydrolysis) is 1. The summed E-state index contributed by atoms with van der Waals surface area (Å²) in [4.78, 5) is 60.9. The van der Waals surface area contributed by atoms with Crippen LogP contribution in [-0.2, 0) is 14.3 Å². The summed E-state index contributed by atoms with van der Waals surface area (Å²) in [6, 6.07) is 6.67. The quantitative estimate of drug-likeness (QED) is 0.339. The molecular formula is C23H32N4O6. The lowest BCUT2D eigenvalue weighted by Gasteiger charge is -2.19. The molecule has 1 aromatic rings. The average Bonchev–Trinajstić information content (AvgIpc) is 2.97. The fraction of sp³-hybridized carbons (Fsp3) is 0.522. The first-order valence-corrected chi connectivity index (χ1v) is 11.0. The molecule has 0 radical (unpaired) electrons. The van der Waals surface area contributed by atoms with Crippen molar-refractivity contribution in [1.29, 1.82) is 0 Å². The molecule has 2 rings (SSSR count). The summed E-state index contributed by atoms with van der Waals surface area (Å²) in [5, 5.41) is 7.97. The Balaban J connectivity index is 1.51. The van der Waals surface area contributed by atoms with Gasteiger partial charge >= 0.3 is 6.09 Å². The van der Waals surface area contributed by atoms with Gasteiger partial charge in [-0.25, -0.2) is 4.79 Å². The molecule has 0 aromatic heterocycles. The number of carbonyl (C=O) groups is 5. The van der Waals surface area contributed by atoms with Crippen LogP contribution in [0, 0.1) is 0 Å². The number of ether oxygens (including phenoxy) is 1. The van der Waals surface area contributed by atoms with Gasteiger partial charge in [-0.1, -0.05) is 12.1 Å². The molecule has 3 N–H and O–H groups in total. The van der Waals surface area contributed by atoms with Crippen molar-refractivity contribution in [3.8, 4) is 0 Å². The topological polar surface area (TPSA) is 134 Å². The third-order valence-corrected chi connectivity index (χ3v) is 4.68. The first kappa shape index (κ1) is 25.8. The van der Waals surface area contributed by atoms with E-state index in [1.807, 2.05) is 0 Å². The Morgan fingerprint density at radius 1 is 0.818 bits per heavy atom. The van der Waals surface area contributed by atoms with Gasteiger partial charge in [0, 0.05) is 39.0 Å². The minimum atomic E-state index is -0.592. The minimum Gasteiger partial charge on any atom is -0.444 e. The van der Waals surface area contributed by atoms with Crippen LogP contribution >= 0.6 is 0 Å². The molecule has 5 amide bonds. The van der Waals surface area contributed by atoms with Crippen LogP contribution < -0.4 is 16.0 Å². The maximum absolute atomic E-state index is 12.3. The van der Waals surface area contributed by atoms with Crippen LogP contribution in [-0.4, -0.2) is 66.4 Å². The Hall–Kier alpha value is -3.43. The Labute approximate surface area is 193 Å². The van der Waals surface area contributed by atoms with Crippen LogP contribution in [0.5, 0.6) is 0 Å². The highest BCUT2D eigenvalue weighted by Crippen LogP contribution is 2.22. The van der Waals surface area contributed by atoms with Crippen molar-refractivity contribution >= 4 is 29.7 Å². The normalized spacial score (nSPS) is 12.9. The molecule has 0 saturated carbocycles. The van der Waals surface area contributed by atoms with Gasteiger partial charge in [0.25, 0.3) is 11.8 Å². The van der Waals surface area contributed by atoms with E-state index in [2.05, 4.69) is 16.0 Å². The van der Waals surface area contributed by atoms with Crippen LogP contribution in [0.3, 0.4) is 0 Å². The number of nitrogens with one attached hydrogen (secondary N) is 3. The molecule has 0 spiro atoms. The van der Waals surface area contributed by atoms with Crippen molar-refractivity contribution in [3.05, 3.63) is 35.4 Å². The van der Waals surface area contributed by atoms with Crippen molar-refractivity contribution in [1.82, 2.24) is 20.9 Å². The summed E-state index contributed by atoms with van der Waals surface area (Å²) in [5.74, 6) is -1.04. The first-order valence-electron chi connectivity index (χ1n) is 11.0. The number of rotatable bonds is 11. The Bertz CT molecular complexity index is 858. The molecule has 0 bridgehead atoms. The van der Waals surface area contributed by atoms with Crippen molar-refractivity contribution < 1.29 is 28.7 Å². The summed E-state index contributed by atoms with van der Waals surface area (Å²) in [7, 11) is 0. The lowest BCUT2D eigenvalue weighted by Crippen LogP contribution is -2.35. The highest BCUT2D eigenvalue weighted by Gasteiger charge is 2.34. The van der Waals surface area contributed by atoms with E-state index in [4.69, 9.17) is 4.74 Å². The van der Waals surface area contributed by atoms with Crippen LogP contribution in [0.1, 0.15) is 67.2 Å². The van der Waals surface area contributed by atoms with Crippen molar-refractivity contribution in [2.24, 2.45) is 0 Å². The zero-order valence-corrected chi connectivity index (χ0v) is 19.4. The van der Waals surface area contributed by atoms with E-state index in [-0.39, 0.29) is 49.6 Å².